The second-order valence-corrected chi connectivity index (χ2v) is 12.2. The summed E-state index contributed by atoms with van der Waals surface area (Å²) in [5.74, 6) is 0.644. The molecule has 0 radical (unpaired) electrons. The van der Waals surface area contributed by atoms with Crippen molar-refractivity contribution < 1.29 is 23.2 Å². The zero-order valence-electron chi connectivity index (χ0n) is 18.7. The predicted molar refractivity (Wildman–Crippen MR) is 133 cm³/mol. The van der Waals surface area contributed by atoms with Gasteiger partial charge < -0.3 is 9.30 Å². The molecule has 9 nitrogen and oxygen atoms in total. The number of hydroxylamine groups is 1. The van der Waals surface area contributed by atoms with Gasteiger partial charge in [0.05, 0.1) is 16.9 Å². The number of rotatable bonds is 10. The van der Waals surface area contributed by atoms with E-state index in [4.69, 9.17) is 4.74 Å². The average Bonchev–Trinajstić information content (AvgIpc) is 3.23. The molecule has 34 heavy (non-hydrogen) atoms. The monoisotopic (exact) mass is 568 g/mol. The van der Waals surface area contributed by atoms with Crippen LogP contribution in [0.15, 0.2) is 70.4 Å². The summed E-state index contributed by atoms with van der Waals surface area (Å²) in [5.41, 5.74) is 2.35. The van der Waals surface area contributed by atoms with E-state index in [1.165, 1.54) is 36.0 Å². The second-order valence-electron chi connectivity index (χ2n) is 7.98. The van der Waals surface area contributed by atoms with Gasteiger partial charge in [-0.1, -0.05) is 15.9 Å². The van der Waals surface area contributed by atoms with Crippen LogP contribution in [0, 0.1) is 0 Å². The molecule has 1 unspecified atom stereocenters. The van der Waals surface area contributed by atoms with Gasteiger partial charge in [0.1, 0.15) is 17.5 Å². The Hall–Kier alpha value is -2.38. The maximum absolute atomic E-state index is 13.1. The third kappa shape index (κ3) is 6.83. The molecule has 3 rings (SSSR count). The normalized spacial score (nSPS) is 12.9. The van der Waals surface area contributed by atoms with Crippen LogP contribution in [0.2, 0.25) is 0 Å². The van der Waals surface area contributed by atoms with Crippen LogP contribution >= 0.6 is 27.7 Å². The van der Waals surface area contributed by atoms with Crippen molar-refractivity contribution in [3.05, 3.63) is 71.2 Å². The SMILES string of the molecule is Cn1cnc(CSC(C)(C)C(NS(=O)(=O)c2ccc(Oc3ccc(Br)cc3)cc2)C(=O)NO)c1. The quantitative estimate of drug-likeness (QED) is 0.251. The smallest absolute Gasteiger partial charge is 0.262 e. The molecule has 2 aromatic carbocycles. The molecule has 0 saturated heterocycles. The Morgan fingerprint density at radius 1 is 1.18 bits per heavy atom. The molecule has 0 saturated carbocycles. The Morgan fingerprint density at radius 2 is 1.76 bits per heavy atom. The lowest BCUT2D eigenvalue weighted by molar-refractivity contribution is -0.131. The zero-order valence-corrected chi connectivity index (χ0v) is 21.9. The highest BCUT2D eigenvalue weighted by molar-refractivity contribution is 9.10. The third-order valence-corrected chi connectivity index (χ3v) is 8.26. The number of thioether (sulfide) groups is 1. The zero-order chi connectivity index (χ0) is 24.9. The summed E-state index contributed by atoms with van der Waals surface area (Å²) in [4.78, 5) is 16.6. The molecule has 1 heterocycles. The number of carbonyl (C=O) groups is 1. The fourth-order valence-corrected chi connectivity index (χ4v) is 5.69. The summed E-state index contributed by atoms with van der Waals surface area (Å²) in [6.07, 6.45) is 3.50. The van der Waals surface area contributed by atoms with Crippen molar-refractivity contribution in [1.82, 2.24) is 19.8 Å². The molecule has 1 aromatic heterocycles. The van der Waals surface area contributed by atoms with E-state index in [9.17, 15) is 18.4 Å². The number of aromatic nitrogens is 2. The third-order valence-electron chi connectivity index (χ3n) is 4.87. The maximum Gasteiger partial charge on any atom is 0.262 e. The van der Waals surface area contributed by atoms with E-state index in [-0.39, 0.29) is 4.90 Å². The van der Waals surface area contributed by atoms with Crippen molar-refractivity contribution >= 4 is 43.6 Å². The van der Waals surface area contributed by atoms with Gasteiger partial charge in [0.25, 0.3) is 5.91 Å². The number of imidazole rings is 1. The first-order chi connectivity index (χ1) is 16.0. The number of sulfonamides is 1. The Kier molecular flexibility index (Phi) is 8.42. The van der Waals surface area contributed by atoms with Crippen LogP contribution in [0.25, 0.3) is 0 Å². The van der Waals surface area contributed by atoms with Crippen LogP contribution in [0.1, 0.15) is 19.5 Å². The van der Waals surface area contributed by atoms with Crippen LogP contribution in [0.5, 0.6) is 11.5 Å². The number of nitrogens with one attached hydrogen (secondary N) is 2. The highest BCUT2D eigenvalue weighted by atomic mass is 79.9. The van der Waals surface area contributed by atoms with E-state index >= 15 is 0 Å². The Bertz CT molecular complexity index is 1230. The first kappa shape index (κ1) is 26.2. The fourth-order valence-electron chi connectivity index (χ4n) is 3.01. The lowest BCUT2D eigenvalue weighted by Gasteiger charge is -2.32. The van der Waals surface area contributed by atoms with Crippen molar-refractivity contribution in [3.8, 4) is 11.5 Å². The average molecular weight is 570 g/mol. The van der Waals surface area contributed by atoms with Crippen LogP contribution < -0.4 is 14.9 Å². The van der Waals surface area contributed by atoms with Crippen molar-refractivity contribution in [1.29, 1.82) is 0 Å². The molecule has 182 valence electrons. The van der Waals surface area contributed by atoms with Crippen LogP contribution in [-0.2, 0) is 27.6 Å². The number of aryl methyl sites for hydroxylation is 1. The fraction of sp³-hybridized carbons (Fsp3) is 0.273. The number of carbonyl (C=O) groups excluding carboxylic acids is 1. The largest absolute Gasteiger partial charge is 0.457 e. The van der Waals surface area contributed by atoms with Gasteiger partial charge in [-0.25, -0.2) is 18.9 Å². The van der Waals surface area contributed by atoms with E-state index < -0.39 is 26.7 Å². The number of benzene rings is 2. The number of ether oxygens (including phenoxy) is 1. The van der Waals surface area contributed by atoms with Gasteiger partial charge in [-0.15, -0.1) is 11.8 Å². The van der Waals surface area contributed by atoms with E-state index in [0.717, 1.165) is 10.2 Å². The minimum atomic E-state index is -4.09. The molecule has 0 aliphatic rings. The summed E-state index contributed by atoms with van der Waals surface area (Å²) in [5, 5.41) is 9.24. The van der Waals surface area contributed by atoms with Crippen molar-refractivity contribution in [2.45, 2.75) is 35.3 Å². The number of hydrogen-bond acceptors (Lipinski definition) is 7. The summed E-state index contributed by atoms with van der Waals surface area (Å²) < 4.78 is 36.0. The molecule has 3 N–H and O–H groups in total. The molecule has 0 fully saturated rings. The van der Waals surface area contributed by atoms with Crippen LogP contribution in [-0.4, -0.2) is 39.9 Å². The van der Waals surface area contributed by atoms with Crippen LogP contribution in [0.4, 0.5) is 0 Å². The minimum absolute atomic E-state index is 0.0445. The Morgan fingerprint density at radius 3 is 2.29 bits per heavy atom. The van der Waals surface area contributed by atoms with Crippen molar-refractivity contribution in [2.75, 3.05) is 0 Å². The Balaban J connectivity index is 1.74. The van der Waals surface area contributed by atoms with Gasteiger partial charge in [-0.3, -0.25) is 10.0 Å². The first-order valence-corrected chi connectivity index (χ1v) is 13.4. The van der Waals surface area contributed by atoms with E-state index in [1.54, 1.807) is 42.4 Å². The van der Waals surface area contributed by atoms with Crippen LogP contribution in [0.3, 0.4) is 0 Å². The van der Waals surface area contributed by atoms with Gasteiger partial charge in [0.15, 0.2) is 0 Å². The summed E-state index contributed by atoms with van der Waals surface area (Å²) in [7, 11) is -2.24. The standard InChI is InChI=1S/C22H25BrN4O5S2/c1-22(2,33-13-16-12-27(3)14-24-16)20(21(28)25-29)26-34(30,31)19-10-8-18(9-11-19)32-17-6-4-15(23)5-7-17/h4-12,14,20,26,29H,13H2,1-3H3,(H,25,28). The molecular formula is C22H25BrN4O5S2. The molecule has 0 spiro atoms. The lowest BCUT2D eigenvalue weighted by Crippen LogP contribution is -2.55. The highest BCUT2D eigenvalue weighted by Crippen LogP contribution is 2.32. The molecule has 0 aliphatic carbocycles. The molecule has 1 atom stereocenters. The topological polar surface area (TPSA) is 123 Å². The molecular weight excluding hydrogens is 544 g/mol. The van der Waals surface area contributed by atoms with Gasteiger partial charge >= 0.3 is 0 Å². The van der Waals surface area contributed by atoms with Gasteiger partial charge in [0, 0.05) is 28.2 Å². The van der Waals surface area contributed by atoms with Gasteiger partial charge in [-0.05, 0) is 62.4 Å². The van der Waals surface area contributed by atoms with Crippen molar-refractivity contribution in [2.24, 2.45) is 7.05 Å². The lowest BCUT2D eigenvalue weighted by atomic mass is 10.0. The second kappa shape index (κ2) is 10.9. The van der Waals surface area contributed by atoms with E-state index in [2.05, 4.69) is 25.6 Å². The number of halogens is 1. The number of nitrogens with zero attached hydrogens (tertiary/aromatic N) is 2. The first-order valence-electron chi connectivity index (χ1n) is 10.1. The Labute approximate surface area is 211 Å². The predicted octanol–water partition coefficient (Wildman–Crippen LogP) is 3.84. The van der Waals surface area contributed by atoms with Gasteiger partial charge in [-0.2, -0.15) is 4.72 Å². The molecule has 0 aliphatic heterocycles. The summed E-state index contributed by atoms with van der Waals surface area (Å²) in [6, 6.07) is 11.8. The minimum Gasteiger partial charge on any atom is -0.457 e. The molecule has 12 heteroatoms. The number of hydrogen-bond donors (Lipinski definition) is 3. The van der Waals surface area contributed by atoms with E-state index in [0.29, 0.717) is 17.3 Å². The molecule has 3 aromatic rings. The van der Waals surface area contributed by atoms with Gasteiger partial charge in [0.2, 0.25) is 10.0 Å². The summed E-state index contributed by atoms with van der Waals surface area (Å²) in [6.45, 7) is 3.44. The summed E-state index contributed by atoms with van der Waals surface area (Å²) >= 11 is 4.69. The van der Waals surface area contributed by atoms with Crippen molar-refractivity contribution in [3.63, 3.8) is 0 Å². The number of amides is 1. The highest BCUT2D eigenvalue weighted by Gasteiger charge is 2.39. The maximum atomic E-state index is 13.1. The molecule has 1 amide bonds. The molecule has 0 bridgehead atoms. The van der Waals surface area contributed by atoms with E-state index in [1.807, 2.05) is 25.4 Å².